The number of benzene rings is 1. The molecule has 0 aliphatic carbocycles. The Hall–Kier alpha value is -0.860. The first-order valence-electron chi connectivity index (χ1n) is 6.17. The number of likely N-dealkylation sites (tertiary alicyclic amines) is 1. The molecule has 2 aliphatic heterocycles. The van der Waals surface area contributed by atoms with E-state index in [2.05, 4.69) is 43.1 Å². The normalized spacial score (nSPS) is 28.2. The van der Waals surface area contributed by atoms with Crippen LogP contribution in [0.3, 0.4) is 0 Å². The fourth-order valence-electron chi connectivity index (χ4n) is 3.10. The van der Waals surface area contributed by atoms with Crippen LogP contribution in [0.15, 0.2) is 24.3 Å². The Bertz CT molecular complexity index is 393. The van der Waals surface area contributed by atoms with Crippen LogP contribution < -0.4 is 0 Å². The average molecular weight is 217 g/mol. The van der Waals surface area contributed by atoms with E-state index in [1.807, 2.05) is 0 Å². The second-order valence-corrected chi connectivity index (χ2v) is 5.14. The van der Waals surface area contributed by atoms with Gasteiger partial charge in [-0.1, -0.05) is 24.3 Å². The van der Waals surface area contributed by atoms with Gasteiger partial charge in [0.25, 0.3) is 0 Å². The molecule has 1 atom stereocenters. The summed E-state index contributed by atoms with van der Waals surface area (Å²) in [5, 5.41) is 0. The number of rotatable bonds is 0. The van der Waals surface area contributed by atoms with E-state index in [1.54, 1.807) is 0 Å². The smallest absolute Gasteiger partial charge is 0.0967 e. The second-order valence-electron chi connectivity index (χ2n) is 5.14. The van der Waals surface area contributed by atoms with Crippen molar-refractivity contribution in [1.82, 2.24) is 4.90 Å². The Balaban J connectivity index is 1.99. The van der Waals surface area contributed by atoms with E-state index in [0.29, 0.717) is 0 Å². The first kappa shape index (κ1) is 10.3. The molecular weight excluding hydrogens is 198 g/mol. The van der Waals surface area contributed by atoms with Gasteiger partial charge in [-0.3, -0.25) is 0 Å². The standard InChI is InChI=1S/C14H19NO/c1-11-12-5-3-4-6-13(12)14(16-11)7-9-15(2)10-8-14/h3-6,11H,7-10H2,1-2H3. The number of hydrogen-bond acceptors (Lipinski definition) is 2. The summed E-state index contributed by atoms with van der Waals surface area (Å²) >= 11 is 0. The van der Waals surface area contributed by atoms with Gasteiger partial charge >= 0.3 is 0 Å². The minimum absolute atomic E-state index is 0.0164. The molecule has 16 heavy (non-hydrogen) atoms. The van der Waals surface area contributed by atoms with Crippen LogP contribution in [0.25, 0.3) is 0 Å². The highest BCUT2D eigenvalue weighted by molar-refractivity contribution is 5.38. The molecule has 1 saturated heterocycles. The van der Waals surface area contributed by atoms with Crippen LogP contribution in [0, 0.1) is 0 Å². The summed E-state index contributed by atoms with van der Waals surface area (Å²) < 4.78 is 6.28. The third-order valence-electron chi connectivity index (χ3n) is 4.09. The van der Waals surface area contributed by atoms with Crippen molar-refractivity contribution in [3.8, 4) is 0 Å². The van der Waals surface area contributed by atoms with Crippen molar-refractivity contribution in [1.29, 1.82) is 0 Å². The highest BCUT2D eigenvalue weighted by Crippen LogP contribution is 2.48. The lowest BCUT2D eigenvalue weighted by Gasteiger charge is -2.38. The second kappa shape index (κ2) is 3.57. The number of hydrogen-bond donors (Lipinski definition) is 0. The van der Waals surface area contributed by atoms with E-state index in [1.165, 1.54) is 11.1 Å². The van der Waals surface area contributed by atoms with Crippen molar-refractivity contribution in [3.63, 3.8) is 0 Å². The maximum atomic E-state index is 6.28. The van der Waals surface area contributed by atoms with Gasteiger partial charge in [-0.15, -0.1) is 0 Å². The average Bonchev–Trinajstić information content (AvgIpc) is 2.58. The van der Waals surface area contributed by atoms with Gasteiger partial charge in [-0.25, -0.2) is 0 Å². The summed E-state index contributed by atoms with van der Waals surface area (Å²) in [6.45, 7) is 4.45. The largest absolute Gasteiger partial charge is 0.363 e. The van der Waals surface area contributed by atoms with Crippen molar-refractivity contribution in [2.75, 3.05) is 20.1 Å². The van der Waals surface area contributed by atoms with Crippen LogP contribution in [0.2, 0.25) is 0 Å². The Morgan fingerprint density at radius 1 is 1.25 bits per heavy atom. The summed E-state index contributed by atoms with van der Waals surface area (Å²) in [7, 11) is 2.19. The van der Waals surface area contributed by atoms with Gasteiger partial charge in [0, 0.05) is 13.1 Å². The molecule has 0 amide bonds. The molecule has 0 saturated carbocycles. The Labute approximate surface area is 97.2 Å². The lowest BCUT2D eigenvalue weighted by molar-refractivity contribution is -0.101. The summed E-state index contributed by atoms with van der Waals surface area (Å²) in [6.07, 6.45) is 2.52. The van der Waals surface area contributed by atoms with Crippen LogP contribution in [0.1, 0.15) is 37.0 Å². The molecule has 0 aromatic heterocycles. The fourth-order valence-corrected chi connectivity index (χ4v) is 3.10. The summed E-state index contributed by atoms with van der Waals surface area (Å²) in [5.74, 6) is 0. The van der Waals surface area contributed by atoms with Crippen molar-refractivity contribution >= 4 is 0 Å². The molecule has 2 heterocycles. The molecule has 2 aliphatic rings. The quantitative estimate of drug-likeness (QED) is 0.662. The molecule has 1 aromatic carbocycles. The van der Waals surface area contributed by atoms with E-state index < -0.39 is 0 Å². The van der Waals surface area contributed by atoms with E-state index >= 15 is 0 Å². The Kier molecular flexibility index (Phi) is 2.30. The summed E-state index contributed by atoms with van der Waals surface area (Å²) in [4.78, 5) is 2.39. The van der Waals surface area contributed by atoms with Crippen LogP contribution in [-0.2, 0) is 10.3 Å². The molecule has 3 rings (SSSR count). The van der Waals surface area contributed by atoms with Gasteiger partial charge in [0.05, 0.1) is 11.7 Å². The summed E-state index contributed by atoms with van der Waals surface area (Å²) in [6, 6.07) is 8.73. The molecule has 2 nitrogen and oxygen atoms in total. The molecule has 2 heteroatoms. The van der Waals surface area contributed by atoms with Gasteiger partial charge in [0.1, 0.15) is 0 Å². The van der Waals surface area contributed by atoms with E-state index in [9.17, 15) is 0 Å². The maximum absolute atomic E-state index is 6.28. The summed E-state index contributed by atoms with van der Waals surface area (Å²) in [5.41, 5.74) is 2.85. The maximum Gasteiger partial charge on any atom is 0.0967 e. The van der Waals surface area contributed by atoms with Gasteiger partial charge < -0.3 is 9.64 Å². The molecule has 1 unspecified atom stereocenters. The number of ether oxygens (including phenoxy) is 1. The Morgan fingerprint density at radius 3 is 2.69 bits per heavy atom. The van der Waals surface area contributed by atoms with Crippen LogP contribution in [0.5, 0.6) is 0 Å². The van der Waals surface area contributed by atoms with Gasteiger partial charge in [-0.05, 0) is 37.9 Å². The topological polar surface area (TPSA) is 12.5 Å². The third kappa shape index (κ3) is 1.40. The lowest BCUT2D eigenvalue weighted by Crippen LogP contribution is -2.40. The van der Waals surface area contributed by atoms with Crippen LogP contribution in [0.4, 0.5) is 0 Å². The van der Waals surface area contributed by atoms with Crippen LogP contribution in [-0.4, -0.2) is 25.0 Å². The SMILES string of the molecule is CC1OC2(CCN(C)CC2)c2ccccc21. The first-order chi connectivity index (χ1) is 7.71. The molecule has 0 bridgehead atoms. The zero-order valence-corrected chi connectivity index (χ0v) is 10.1. The monoisotopic (exact) mass is 217 g/mol. The first-order valence-corrected chi connectivity index (χ1v) is 6.17. The minimum Gasteiger partial charge on any atom is -0.363 e. The van der Waals surface area contributed by atoms with E-state index in [-0.39, 0.29) is 11.7 Å². The predicted molar refractivity (Wildman–Crippen MR) is 64.4 cm³/mol. The highest BCUT2D eigenvalue weighted by atomic mass is 16.5. The lowest BCUT2D eigenvalue weighted by atomic mass is 9.83. The zero-order chi connectivity index (χ0) is 11.2. The van der Waals surface area contributed by atoms with Crippen molar-refractivity contribution < 1.29 is 4.74 Å². The number of piperidine rings is 1. The van der Waals surface area contributed by atoms with Gasteiger partial charge in [0.2, 0.25) is 0 Å². The molecule has 86 valence electrons. The minimum atomic E-state index is 0.0164. The van der Waals surface area contributed by atoms with Gasteiger partial charge in [0.15, 0.2) is 0 Å². The van der Waals surface area contributed by atoms with E-state index in [4.69, 9.17) is 4.74 Å². The number of nitrogens with zero attached hydrogens (tertiary/aromatic N) is 1. The predicted octanol–water partition coefficient (Wildman–Crippen LogP) is 2.70. The van der Waals surface area contributed by atoms with Crippen molar-refractivity contribution in [3.05, 3.63) is 35.4 Å². The molecule has 1 aromatic rings. The van der Waals surface area contributed by atoms with Gasteiger partial charge in [-0.2, -0.15) is 0 Å². The number of fused-ring (bicyclic) bond motifs is 2. The molecule has 1 fully saturated rings. The molecular formula is C14H19NO. The van der Waals surface area contributed by atoms with Crippen molar-refractivity contribution in [2.24, 2.45) is 0 Å². The van der Waals surface area contributed by atoms with Crippen LogP contribution >= 0.6 is 0 Å². The van der Waals surface area contributed by atoms with E-state index in [0.717, 1.165) is 25.9 Å². The zero-order valence-electron chi connectivity index (χ0n) is 10.1. The molecule has 1 spiro atoms. The third-order valence-corrected chi connectivity index (χ3v) is 4.09. The fraction of sp³-hybridized carbons (Fsp3) is 0.571. The molecule has 0 N–H and O–H groups in total. The highest BCUT2D eigenvalue weighted by Gasteiger charge is 2.44. The Morgan fingerprint density at radius 2 is 1.94 bits per heavy atom. The molecule has 0 radical (unpaired) electrons. The van der Waals surface area contributed by atoms with Crippen molar-refractivity contribution in [2.45, 2.75) is 31.5 Å².